The van der Waals surface area contributed by atoms with Gasteiger partial charge in [0.05, 0.1) is 0 Å². The van der Waals surface area contributed by atoms with Crippen molar-refractivity contribution in [1.29, 1.82) is 0 Å². The minimum absolute atomic E-state index is 1.17. The summed E-state index contributed by atoms with van der Waals surface area (Å²) in [5.74, 6) is 0. The molecule has 0 fully saturated rings. The highest BCUT2D eigenvalue weighted by Gasteiger charge is 1.96. The normalized spacial score (nSPS) is 12.8. The number of nitrogens with one attached hydrogen (secondary N) is 1. The first kappa shape index (κ1) is 20.3. The number of hydrogen-bond acceptors (Lipinski definition) is 1. The maximum atomic E-state index is 3.45. The summed E-state index contributed by atoms with van der Waals surface area (Å²) in [4.78, 5) is 0. The quantitative estimate of drug-likeness (QED) is 0.337. The molecular weight excluding hydrogens is 254 g/mol. The first-order valence-electron chi connectivity index (χ1n) is 9.40. The fourth-order valence-electron chi connectivity index (χ4n) is 2.54. The van der Waals surface area contributed by atoms with Crippen molar-refractivity contribution in [3.63, 3.8) is 0 Å². The summed E-state index contributed by atoms with van der Waals surface area (Å²) in [6, 6.07) is 0. The molecule has 0 saturated heterocycles. The third-order valence-electron chi connectivity index (χ3n) is 4.19. The molecule has 1 N–H and O–H groups in total. The molecule has 0 bridgehead atoms. The molecule has 0 aromatic heterocycles. The van der Waals surface area contributed by atoms with Gasteiger partial charge in [0.15, 0.2) is 0 Å². The van der Waals surface area contributed by atoms with Crippen molar-refractivity contribution in [1.82, 2.24) is 5.32 Å². The van der Waals surface area contributed by atoms with Gasteiger partial charge in [-0.2, -0.15) is 0 Å². The van der Waals surface area contributed by atoms with Gasteiger partial charge in [0.25, 0.3) is 0 Å². The second kappa shape index (κ2) is 15.7. The maximum absolute atomic E-state index is 3.45. The molecule has 0 radical (unpaired) electrons. The van der Waals surface area contributed by atoms with Crippen LogP contribution in [0.3, 0.4) is 0 Å². The van der Waals surface area contributed by atoms with Crippen molar-refractivity contribution in [3.8, 4) is 0 Å². The molecule has 0 unspecified atom stereocenters. The van der Waals surface area contributed by atoms with E-state index in [-0.39, 0.29) is 0 Å². The van der Waals surface area contributed by atoms with E-state index < -0.39 is 0 Å². The monoisotopic (exact) mass is 293 g/mol. The van der Waals surface area contributed by atoms with Crippen molar-refractivity contribution >= 4 is 0 Å². The Morgan fingerprint density at radius 1 is 0.619 bits per heavy atom. The molecular formula is C20H39N. The second-order valence-electron chi connectivity index (χ2n) is 6.10. The molecule has 0 aromatic rings. The molecule has 0 aromatic carbocycles. The zero-order valence-electron chi connectivity index (χ0n) is 15.1. The average Bonchev–Trinajstić information content (AvgIpc) is 2.51. The van der Waals surface area contributed by atoms with Gasteiger partial charge >= 0.3 is 0 Å². The Morgan fingerprint density at radius 3 is 1.38 bits per heavy atom. The van der Waals surface area contributed by atoms with Crippen molar-refractivity contribution in [3.05, 3.63) is 23.5 Å². The molecule has 1 heteroatoms. The van der Waals surface area contributed by atoms with Gasteiger partial charge in [-0.05, 0) is 50.9 Å². The first-order valence-corrected chi connectivity index (χ1v) is 9.40. The summed E-state index contributed by atoms with van der Waals surface area (Å²) in [7, 11) is 0. The molecule has 21 heavy (non-hydrogen) atoms. The zero-order valence-corrected chi connectivity index (χ0v) is 15.1. The lowest BCUT2D eigenvalue weighted by Crippen LogP contribution is -1.99. The fourth-order valence-corrected chi connectivity index (χ4v) is 2.54. The van der Waals surface area contributed by atoms with E-state index in [1.165, 1.54) is 77.0 Å². The second-order valence-corrected chi connectivity index (χ2v) is 6.10. The largest absolute Gasteiger partial charge is 0.368 e. The molecule has 0 amide bonds. The first-order chi connectivity index (χ1) is 10.3. The van der Waals surface area contributed by atoms with Crippen LogP contribution < -0.4 is 5.32 Å². The summed E-state index contributed by atoms with van der Waals surface area (Å²) in [5, 5.41) is 3.45. The fraction of sp³-hybridized carbons (Fsp3) is 0.800. The smallest absolute Gasteiger partial charge is 0.000372 e. The summed E-state index contributed by atoms with van der Waals surface area (Å²) < 4.78 is 0. The summed E-state index contributed by atoms with van der Waals surface area (Å²) in [6.07, 6.45) is 20.2. The number of unbranched alkanes of at least 4 members (excludes halogenated alkanes) is 6. The highest BCUT2D eigenvalue weighted by Crippen LogP contribution is 2.14. The third kappa shape index (κ3) is 12.7. The van der Waals surface area contributed by atoms with Crippen molar-refractivity contribution < 1.29 is 0 Å². The Balaban J connectivity index is 4.03. The molecule has 0 aliphatic heterocycles. The van der Waals surface area contributed by atoms with Gasteiger partial charge < -0.3 is 5.32 Å². The van der Waals surface area contributed by atoms with Gasteiger partial charge in [-0.25, -0.2) is 0 Å². The van der Waals surface area contributed by atoms with E-state index in [0.717, 1.165) is 0 Å². The van der Waals surface area contributed by atoms with Crippen LogP contribution in [-0.4, -0.2) is 0 Å². The van der Waals surface area contributed by atoms with Crippen LogP contribution in [0, 0.1) is 0 Å². The van der Waals surface area contributed by atoms with Crippen LogP contribution in [0.5, 0.6) is 0 Å². The van der Waals surface area contributed by atoms with E-state index in [1.54, 1.807) is 11.1 Å². The SMILES string of the molecule is CCCCCC/C(=C\N/C=C(/CC)CCCCCC)CC. The summed E-state index contributed by atoms with van der Waals surface area (Å²) in [5.41, 5.74) is 3.12. The predicted octanol–water partition coefficient (Wildman–Crippen LogP) is 7.10. The molecule has 1 nitrogen and oxygen atoms in total. The topological polar surface area (TPSA) is 12.0 Å². The van der Waals surface area contributed by atoms with E-state index in [9.17, 15) is 0 Å². The van der Waals surface area contributed by atoms with Crippen LogP contribution in [0.1, 0.15) is 105 Å². The zero-order chi connectivity index (χ0) is 15.8. The Hall–Kier alpha value is -0.720. The van der Waals surface area contributed by atoms with E-state index >= 15 is 0 Å². The molecule has 0 rings (SSSR count). The van der Waals surface area contributed by atoms with E-state index in [0.29, 0.717) is 0 Å². The van der Waals surface area contributed by atoms with Crippen LogP contribution in [-0.2, 0) is 0 Å². The maximum Gasteiger partial charge on any atom is -0.000372 e. The number of hydrogen-bond donors (Lipinski definition) is 1. The minimum Gasteiger partial charge on any atom is -0.368 e. The molecule has 0 saturated carbocycles. The molecule has 0 aliphatic carbocycles. The lowest BCUT2D eigenvalue weighted by molar-refractivity contribution is 0.653. The third-order valence-corrected chi connectivity index (χ3v) is 4.19. The average molecular weight is 294 g/mol. The van der Waals surface area contributed by atoms with E-state index in [2.05, 4.69) is 45.4 Å². The van der Waals surface area contributed by atoms with Gasteiger partial charge in [-0.3, -0.25) is 0 Å². The Bertz CT molecular complexity index is 248. The lowest BCUT2D eigenvalue weighted by atomic mass is 10.0. The standard InChI is InChI=1S/C20H39N/c1-5-9-11-13-15-19(7-3)17-21-18-20(8-4)16-14-12-10-6-2/h17-18,21H,5-16H2,1-4H3/b19-17-,20-18-. The highest BCUT2D eigenvalue weighted by atomic mass is 14.8. The van der Waals surface area contributed by atoms with Crippen LogP contribution >= 0.6 is 0 Å². The summed E-state index contributed by atoms with van der Waals surface area (Å²) >= 11 is 0. The van der Waals surface area contributed by atoms with E-state index in [1.807, 2.05) is 0 Å². The van der Waals surface area contributed by atoms with Crippen molar-refractivity contribution in [2.24, 2.45) is 0 Å². The van der Waals surface area contributed by atoms with Crippen LogP contribution in [0.15, 0.2) is 23.5 Å². The number of allylic oxidation sites excluding steroid dienone is 2. The van der Waals surface area contributed by atoms with Crippen molar-refractivity contribution in [2.45, 2.75) is 105 Å². The van der Waals surface area contributed by atoms with Crippen LogP contribution in [0.4, 0.5) is 0 Å². The summed E-state index contributed by atoms with van der Waals surface area (Å²) in [6.45, 7) is 9.08. The van der Waals surface area contributed by atoms with Gasteiger partial charge in [0.1, 0.15) is 0 Å². The molecule has 0 heterocycles. The van der Waals surface area contributed by atoms with Gasteiger partial charge in [-0.15, -0.1) is 0 Å². The highest BCUT2D eigenvalue weighted by molar-refractivity contribution is 5.06. The van der Waals surface area contributed by atoms with Gasteiger partial charge in [0, 0.05) is 0 Å². The molecule has 0 spiro atoms. The Labute approximate surface area is 134 Å². The molecule has 0 atom stereocenters. The molecule has 0 aliphatic rings. The van der Waals surface area contributed by atoms with E-state index in [4.69, 9.17) is 0 Å². The number of rotatable bonds is 14. The minimum atomic E-state index is 1.17. The lowest BCUT2D eigenvalue weighted by Gasteiger charge is -2.07. The predicted molar refractivity (Wildman–Crippen MR) is 97.4 cm³/mol. The van der Waals surface area contributed by atoms with Gasteiger partial charge in [0.2, 0.25) is 0 Å². The Kier molecular flexibility index (Phi) is 15.1. The molecule has 124 valence electrons. The van der Waals surface area contributed by atoms with Crippen LogP contribution in [0.25, 0.3) is 0 Å². The van der Waals surface area contributed by atoms with Crippen molar-refractivity contribution in [2.75, 3.05) is 0 Å². The van der Waals surface area contributed by atoms with Gasteiger partial charge in [-0.1, -0.05) is 77.4 Å². The Morgan fingerprint density at radius 2 is 1.05 bits per heavy atom. The van der Waals surface area contributed by atoms with Crippen LogP contribution in [0.2, 0.25) is 0 Å².